The minimum Gasteiger partial charge on any atom is -0.489 e. The van der Waals surface area contributed by atoms with Crippen LogP contribution in [0.3, 0.4) is 0 Å². The fourth-order valence-corrected chi connectivity index (χ4v) is 5.29. The van der Waals surface area contributed by atoms with E-state index >= 15 is 0 Å². The molecule has 0 radical (unpaired) electrons. The Bertz CT molecular complexity index is 1310. The van der Waals surface area contributed by atoms with Crippen LogP contribution < -0.4 is 20.9 Å². The van der Waals surface area contributed by atoms with Crippen LogP contribution in [0.1, 0.15) is 36.8 Å². The quantitative estimate of drug-likeness (QED) is 0.167. The van der Waals surface area contributed by atoms with E-state index < -0.39 is 12.0 Å². The second kappa shape index (κ2) is 13.7. The third kappa shape index (κ3) is 7.53. The Morgan fingerprint density at radius 3 is 2.10 bits per heavy atom. The lowest BCUT2D eigenvalue weighted by Crippen LogP contribution is -2.47. The third-order valence-corrected chi connectivity index (χ3v) is 7.85. The molecule has 3 aromatic carbocycles. The molecule has 1 saturated carbocycles. The number of rotatable bonds is 10. The summed E-state index contributed by atoms with van der Waals surface area (Å²) in [6.07, 6.45) is 2.11. The number of nitrogens with two attached hydrogens (primary N) is 1. The molecule has 0 aliphatic heterocycles. The van der Waals surface area contributed by atoms with E-state index in [1.54, 1.807) is 54.6 Å². The van der Waals surface area contributed by atoms with Gasteiger partial charge < -0.3 is 15.2 Å². The van der Waals surface area contributed by atoms with Gasteiger partial charge in [0.05, 0.1) is 5.69 Å². The van der Waals surface area contributed by atoms with Gasteiger partial charge in [0.15, 0.2) is 0 Å². The number of carboxylic acids is 1. The van der Waals surface area contributed by atoms with Crippen LogP contribution in [0.5, 0.6) is 5.75 Å². The number of hydrazine groups is 1. The van der Waals surface area contributed by atoms with Crippen LogP contribution in [-0.2, 0) is 27.4 Å². The molecular formula is C30H31Cl2N3O5. The lowest BCUT2D eigenvalue weighted by molar-refractivity contribution is -0.142. The van der Waals surface area contributed by atoms with E-state index in [2.05, 4.69) is 5.32 Å². The molecule has 8 nitrogen and oxygen atoms in total. The van der Waals surface area contributed by atoms with Crippen LogP contribution >= 0.6 is 23.2 Å². The molecule has 0 spiro atoms. The number of benzene rings is 3. The van der Waals surface area contributed by atoms with Crippen LogP contribution in [0.4, 0.5) is 5.69 Å². The third-order valence-electron chi connectivity index (χ3n) is 7.14. The number of carbonyl (C=O) groups is 3. The zero-order valence-corrected chi connectivity index (χ0v) is 23.3. The standard InChI is InChI=1S/C30H31Cl2N3O5/c31-25-7-4-8-26(32)24(25)18-40-23-15-9-19(10-16-23)17-27(30(38)39)34-28(36)20-11-13-21(14-12-20)29(37)35(33)22-5-2-1-3-6-22/h1-10,15-16,20-21,27H,11-14,17-18,33H2,(H,34,36)(H,38,39)/t20?,21?,27-/m0/s1. The lowest BCUT2D eigenvalue weighted by Gasteiger charge is -2.30. The van der Waals surface area contributed by atoms with Crippen molar-refractivity contribution in [1.29, 1.82) is 0 Å². The van der Waals surface area contributed by atoms with Crippen molar-refractivity contribution < 1.29 is 24.2 Å². The number of nitrogens with zero attached hydrogens (tertiary/aromatic N) is 1. The van der Waals surface area contributed by atoms with Gasteiger partial charge in [0.1, 0.15) is 18.4 Å². The molecule has 1 fully saturated rings. The monoisotopic (exact) mass is 583 g/mol. The van der Waals surface area contributed by atoms with Gasteiger partial charge in [-0.2, -0.15) is 0 Å². The average Bonchev–Trinajstić information content (AvgIpc) is 2.97. The van der Waals surface area contributed by atoms with Crippen LogP contribution in [-0.4, -0.2) is 28.9 Å². The summed E-state index contributed by atoms with van der Waals surface area (Å²) in [5, 5.41) is 14.6. The molecule has 0 aromatic heterocycles. The largest absolute Gasteiger partial charge is 0.489 e. The maximum absolute atomic E-state index is 12.9. The van der Waals surface area contributed by atoms with E-state index in [0.29, 0.717) is 52.7 Å². The molecule has 4 N–H and O–H groups in total. The van der Waals surface area contributed by atoms with E-state index in [0.717, 1.165) is 10.6 Å². The first-order valence-corrected chi connectivity index (χ1v) is 13.8. The summed E-state index contributed by atoms with van der Waals surface area (Å²) in [5.74, 6) is 4.34. The van der Waals surface area contributed by atoms with Crippen molar-refractivity contribution in [1.82, 2.24) is 5.32 Å². The Kier molecular flexibility index (Phi) is 10.0. The molecule has 3 aromatic rings. The van der Waals surface area contributed by atoms with E-state index in [1.165, 1.54) is 0 Å². The van der Waals surface area contributed by atoms with Gasteiger partial charge in [-0.15, -0.1) is 0 Å². The van der Waals surface area contributed by atoms with Crippen molar-refractivity contribution in [3.05, 3.63) is 94.0 Å². The average molecular weight is 585 g/mol. The molecule has 0 unspecified atom stereocenters. The van der Waals surface area contributed by atoms with E-state index in [1.807, 2.05) is 18.2 Å². The van der Waals surface area contributed by atoms with Crippen molar-refractivity contribution in [2.45, 2.75) is 44.8 Å². The van der Waals surface area contributed by atoms with Gasteiger partial charge in [0.2, 0.25) is 11.8 Å². The SMILES string of the molecule is NN(C(=O)C1CCC(C(=O)N[C@@H](Cc2ccc(OCc3c(Cl)cccc3Cl)cc2)C(=O)O)CC1)c1ccccc1. The van der Waals surface area contributed by atoms with Gasteiger partial charge >= 0.3 is 5.97 Å². The molecule has 4 rings (SSSR count). The molecule has 1 aliphatic carbocycles. The highest BCUT2D eigenvalue weighted by Gasteiger charge is 2.33. The smallest absolute Gasteiger partial charge is 0.326 e. The summed E-state index contributed by atoms with van der Waals surface area (Å²) >= 11 is 12.4. The molecule has 0 bridgehead atoms. The Morgan fingerprint density at radius 2 is 1.50 bits per heavy atom. The number of halogens is 2. The maximum atomic E-state index is 12.9. The summed E-state index contributed by atoms with van der Waals surface area (Å²) in [7, 11) is 0. The summed E-state index contributed by atoms with van der Waals surface area (Å²) in [6.45, 7) is 0.190. The lowest BCUT2D eigenvalue weighted by atomic mass is 9.81. The fourth-order valence-electron chi connectivity index (χ4n) is 4.79. The highest BCUT2D eigenvalue weighted by Crippen LogP contribution is 2.31. The molecule has 0 saturated heterocycles. The summed E-state index contributed by atoms with van der Waals surface area (Å²) in [4.78, 5) is 37.7. The number of carboxylic acid groups (broad SMARTS) is 1. The molecule has 2 amide bonds. The highest BCUT2D eigenvalue weighted by molar-refractivity contribution is 6.35. The minimum atomic E-state index is -1.12. The number of nitrogens with one attached hydrogen (secondary N) is 1. The van der Waals surface area contributed by atoms with Gasteiger partial charge in [-0.1, -0.05) is 59.6 Å². The van der Waals surface area contributed by atoms with Crippen molar-refractivity contribution in [2.75, 3.05) is 5.01 Å². The maximum Gasteiger partial charge on any atom is 0.326 e. The second-order valence-corrected chi connectivity index (χ2v) is 10.6. The van der Waals surface area contributed by atoms with Gasteiger partial charge in [0.25, 0.3) is 0 Å². The number of hydrogen-bond donors (Lipinski definition) is 3. The number of aliphatic carboxylic acids is 1. The van der Waals surface area contributed by atoms with Crippen molar-refractivity contribution >= 4 is 46.7 Å². The highest BCUT2D eigenvalue weighted by atomic mass is 35.5. The van der Waals surface area contributed by atoms with Crippen LogP contribution in [0.15, 0.2) is 72.8 Å². The minimum absolute atomic E-state index is 0.116. The molecule has 10 heteroatoms. The normalized spacial score (nSPS) is 17.5. The Balaban J connectivity index is 1.27. The molecular weight excluding hydrogens is 553 g/mol. The number of carbonyl (C=O) groups excluding carboxylic acids is 2. The molecule has 1 aliphatic rings. The number of amides is 2. The zero-order valence-electron chi connectivity index (χ0n) is 21.8. The Labute approximate surface area is 243 Å². The second-order valence-electron chi connectivity index (χ2n) is 9.83. The van der Waals surface area contributed by atoms with Gasteiger partial charge in [-0.05, 0) is 67.6 Å². The molecule has 1 atom stereocenters. The fraction of sp³-hybridized carbons (Fsp3) is 0.300. The van der Waals surface area contributed by atoms with E-state index in [4.69, 9.17) is 33.8 Å². The number of para-hydroxylation sites is 1. The predicted molar refractivity (Wildman–Crippen MR) is 154 cm³/mol. The topological polar surface area (TPSA) is 122 Å². The summed E-state index contributed by atoms with van der Waals surface area (Å²) < 4.78 is 5.78. The Hall–Kier alpha value is -3.59. The van der Waals surface area contributed by atoms with Gasteiger partial charge in [0, 0.05) is 33.9 Å². The van der Waals surface area contributed by atoms with Gasteiger partial charge in [-0.25, -0.2) is 15.6 Å². The van der Waals surface area contributed by atoms with Crippen LogP contribution in [0.2, 0.25) is 10.0 Å². The zero-order chi connectivity index (χ0) is 28.6. The number of anilines is 1. The predicted octanol–water partition coefficient (Wildman–Crippen LogP) is 5.40. The summed E-state index contributed by atoms with van der Waals surface area (Å²) in [5.41, 5.74) is 2.02. The van der Waals surface area contributed by atoms with E-state index in [9.17, 15) is 19.5 Å². The number of ether oxygens (including phenoxy) is 1. The number of hydrogen-bond acceptors (Lipinski definition) is 5. The van der Waals surface area contributed by atoms with Crippen molar-refractivity contribution in [3.63, 3.8) is 0 Å². The molecule has 40 heavy (non-hydrogen) atoms. The molecule has 0 heterocycles. The van der Waals surface area contributed by atoms with Crippen molar-refractivity contribution in [3.8, 4) is 5.75 Å². The molecule has 210 valence electrons. The van der Waals surface area contributed by atoms with Gasteiger partial charge in [-0.3, -0.25) is 9.59 Å². The van der Waals surface area contributed by atoms with Crippen molar-refractivity contribution in [2.24, 2.45) is 17.7 Å². The summed E-state index contributed by atoms with van der Waals surface area (Å²) in [6, 6.07) is 20.1. The van der Waals surface area contributed by atoms with Crippen LogP contribution in [0, 0.1) is 11.8 Å². The first-order valence-electron chi connectivity index (χ1n) is 13.0. The first-order chi connectivity index (χ1) is 19.2. The Morgan fingerprint density at radius 1 is 0.900 bits per heavy atom. The van der Waals surface area contributed by atoms with E-state index in [-0.39, 0.29) is 36.7 Å². The van der Waals surface area contributed by atoms with Crippen LogP contribution in [0.25, 0.3) is 0 Å². The first kappa shape index (κ1) is 29.4.